The van der Waals surface area contributed by atoms with Crippen molar-refractivity contribution >= 4 is 15.9 Å². The highest BCUT2D eigenvalue weighted by molar-refractivity contribution is 7.89. The van der Waals surface area contributed by atoms with Crippen LogP contribution in [0, 0.1) is 0 Å². The second-order valence-corrected chi connectivity index (χ2v) is 8.61. The number of ether oxygens (including phenoxy) is 1. The molecule has 0 bridgehead atoms. The molecular weight excluding hydrogens is 409 g/mol. The van der Waals surface area contributed by atoms with Crippen molar-refractivity contribution < 1.29 is 31.1 Å². The highest BCUT2D eigenvalue weighted by Crippen LogP contribution is 2.32. The van der Waals surface area contributed by atoms with Crippen LogP contribution in [0.5, 0.6) is 5.75 Å². The quantitative estimate of drug-likeness (QED) is 0.736. The number of carbonyl (C=O) groups excluding carboxylic acids is 1. The van der Waals surface area contributed by atoms with E-state index in [4.69, 9.17) is 9.88 Å². The van der Waals surface area contributed by atoms with Crippen LogP contribution in [0.4, 0.5) is 13.2 Å². The van der Waals surface area contributed by atoms with Gasteiger partial charge in [0, 0.05) is 12.0 Å². The molecule has 6 nitrogen and oxygen atoms in total. The number of primary sulfonamides is 1. The van der Waals surface area contributed by atoms with E-state index in [9.17, 15) is 26.4 Å². The Morgan fingerprint density at radius 1 is 1.10 bits per heavy atom. The van der Waals surface area contributed by atoms with Gasteiger partial charge in [-0.2, -0.15) is 13.2 Å². The van der Waals surface area contributed by atoms with Crippen molar-refractivity contribution in [3.63, 3.8) is 0 Å². The van der Waals surface area contributed by atoms with E-state index in [2.05, 4.69) is 5.32 Å². The van der Waals surface area contributed by atoms with Crippen LogP contribution in [0.2, 0.25) is 0 Å². The van der Waals surface area contributed by atoms with Crippen LogP contribution >= 0.6 is 0 Å². The smallest absolute Gasteiger partial charge is 0.416 e. The molecule has 158 valence electrons. The average Bonchev–Trinajstić information content (AvgIpc) is 2.64. The first-order valence-electron chi connectivity index (χ1n) is 8.42. The second-order valence-electron chi connectivity index (χ2n) is 7.05. The molecule has 0 fully saturated rings. The number of methoxy groups -OCH3 is 1. The minimum atomic E-state index is -4.48. The monoisotopic (exact) mass is 430 g/mol. The topological polar surface area (TPSA) is 98.5 Å². The number of hydrogen-bond donors (Lipinski definition) is 2. The van der Waals surface area contributed by atoms with Crippen LogP contribution < -0.4 is 15.2 Å². The molecule has 0 aromatic heterocycles. The summed E-state index contributed by atoms with van der Waals surface area (Å²) in [5.41, 5.74) is -1.28. The minimum Gasteiger partial charge on any atom is -0.496 e. The van der Waals surface area contributed by atoms with E-state index in [1.165, 1.54) is 25.3 Å². The third-order valence-electron chi connectivity index (χ3n) is 4.41. The van der Waals surface area contributed by atoms with Crippen molar-refractivity contribution in [1.29, 1.82) is 0 Å². The molecule has 1 amide bonds. The Morgan fingerprint density at radius 2 is 1.72 bits per heavy atom. The van der Waals surface area contributed by atoms with Gasteiger partial charge in [0.15, 0.2) is 0 Å². The van der Waals surface area contributed by atoms with Gasteiger partial charge >= 0.3 is 6.18 Å². The molecule has 0 unspecified atom stereocenters. The van der Waals surface area contributed by atoms with E-state index in [1.807, 2.05) is 0 Å². The maximum Gasteiger partial charge on any atom is 0.416 e. The van der Waals surface area contributed by atoms with Crippen LogP contribution in [0.25, 0.3) is 0 Å². The highest BCUT2D eigenvalue weighted by atomic mass is 32.2. The van der Waals surface area contributed by atoms with Crippen LogP contribution in [0.3, 0.4) is 0 Å². The van der Waals surface area contributed by atoms with Crippen molar-refractivity contribution in [3.05, 3.63) is 59.2 Å². The number of halogens is 3. The summed E-state index contributed by atoms with van der Waals surface area (Å²) >= 11 is 0. The van der Waals surface area contributed by atoms with E-state index in [-0.39, 0.29) is 22.8 Å². The molecule has 3 N–H and O–H groups in total. The van der Waals surface area contributed by atoms with E-state index < -0.39 is 33.1 Å². The van der Waals surface area contributed by atoms with Gasteiger partial charge in [-0.05, 0) is 29.8 Å². The summed E-state index contributed by atoms with van der Waals surface area (Å²) < 4.78 is 67.1. The second kappa shape index (κ2) is 8.03. The fourth-order valence-electron chi connectivity index (χ4n) is 2.66. The molecule has 2 rings (SSSR count). The summed E-state index contributed by atoms with van der Waals surface area (Å²) in [6, 6.07) is 8.45. The van der Waals surface area contributed by atoms with E-state index in [1.54, 1.807) is 19.9 Å². The maximum absolute atomic E-state index is 13.0. The van der Waals surface area contributed by atoms with Gasteiger partial charge in [-0.25, -0.2) is 13.6 Å². The van der Waals surface area contributed by atoms with Gasteiger partial charge < -0.3 is 10.1 Å². The first-order chi connectivity index (χ1) is 13.3. The Balaban J connectivity index is 2.26. The Morgan fingerprint density at radius 3 is 2.28 bits per heavy atom. The Hall–Kier alpha value is -2.59. The summed E-state index contributed by atoms with van der Waals surface area (Å²) in [5, 5.41) is 7.71. The lowest BCUT2D eigenvalue weighted by Crippen LogP contribution is -2.37. The van der Waals surface area contributed by atoms with Crippen LogP contribution in [-0.2, 0) is 21.6 Å². The number of benzene rings is 2. The number of sulfonamides is 1. The SMILES string of the molecule is COc1ccc(S(N)(=O)=O)cc1C(=O)NCC(C)(C)c1cccc(C(F)(F)F)c1. The molecule has 0 aliphatic carbocycles. The average molecular weight is 430 g/mol. The molecule has 29 heavy (non-hydrogen) atoms. The number of carbonyl (C=O) groups is 1. The minimum absolute atomic E-state index is 0.00407. The van der Waals surface area contributed by atoms with Gasteiger partial charge in [0.1, 0.15) is 5.75 Å². The molecule has 0 aliphatic rings. The molecule has 2 aromatic rings. The molecular formula is C19H21F3N2O4S. The standard InChI is InChI=1S/C19H21F3N2O4S/c1-18(2,12-5-4-6-13(9-12)19(20,21)22)11-24-17(25)15-10-14(29(23,26)27)7-8-16(15)28-3/h4-10H,11H2,1-3H3,(H,24,25)(H2,23,26,27). The third kappa shape index (κ3) is 5.48. The van der Waals surface area contributed by atoms with Crippen LogP contribution in [0.1, 0.15) is 35.3 Å². The molecule has 0 radical (unpaired) electrons. The zero-order chi connectivity index (χ0) is 22.0. The first kappa shape index (κ1) is 22.7. The largest absolute Gasteiger partial charge is 0.496 e. The molecule has 0 aliphatic heterocycles. The predicted octanol–water partition coefficient (Wildman–Crippen LogP) is 3.07. The number of amides is 1. The lowest BCUT2D eigenvalue weighted by Gasteiger charge is -2.26. The normalized spacial score (nSPS) is 12.5. The van der Waals surface area contributed by atoms with Crippen LogP contribution in [0.15, 0.2) is 47.4 Å². The van der Waals surface area contributed by atoms with E-state index >= 15 is 0 Å². The van der Waals surface area contributed by atoms with Crippen molar-refractivity contribution in [2.45, 2.75) is 30.3 Å². The Labute approximate surface area is 166 Å². The van der Waals surface area contributed by atoms with Gasteiger partial charge in [-0.1, -0.05) is 32.0 Å². The van der Waals surface area contributed by atoms with Gasteiger partial charge in [0.05, 0.1) is 23.1 Å². The summed E-state index contributed by atoms with van der Waals surface area (Å²) in [4.78, 5) is 12.3. The molecule has 2 aromatic carbocycles. The lowest BCUT2D eigenvalue weighted by atomic mass is 9.83. The molecule has 10 heteroatoms. The van der Waals surface area contributed by atoms with Crippen molar-refractivity contribution in [1.82, 2.24) is 5.32 Å². The maximum atomic E-state index is 13.0. The fourth-order valence-corrected chi connectivity index (χ4v) is 3.20. The van der Waals surface area contributed by atoms with Crippen molar-refractivity contribution in [2.24, 2.45) is 5.14 Å². The zero-order valence-electron chi connectivity index (χ0n) is 16.0. The number of nitrogens with two attached hydrogens (primary N) is 1. The van der Waals surface area contributed by atoms with Crippen molar-refractivity contribution in [3.8, 4) is 5.75 Å². The number of hydrogen-bond acceptors (Lipinski definition) is 4. The summed E-state index contributed by atoms with van der Waals surface area (Å²) in [5.74, 6) is -0.515. The van der Waals surface area contributed by atoms with Gasteiger partial charge in [-0.3, -0.25) is 4.79 Å². The Bertz CT molecular complexity index is 1020. The van der Waals surface area contributed by atoms with Crippen molar-refractivity contribution in [2.75, 3.05) is 13.7 Å². The van der Waals surface area contributed by atoms with Crippen LogP contribution in [-0.4, -0.2) is 28.0 Å². The molecule has 0 spiro atoms. The molecule has 0 saturated heterocycles. The third-order valence-corrected chi connectivity index (χ3v) is 5.32. The summed E-state index contributed by atoms with van der Waals surface area (Å²) in [7, 11) is -2.72. The highest BCUT2D eigenvalue weighted by Gasteiger charge is 2.32. The number of nitrogens with one attached hydrogen (secondary N) is 1. The fraction of sp³-hybridized carbons (Fsp3) is 0.316. The lowest BCUT2D eigenvalue weighted by molar-refractivity contribution is -0.137. The molecule has 0 atom stereocenters. The molecule has 0 saturated carbocycles. The first-order valence-corrected chi connectivity index (χ1v) is 9.97. The van der Waals surface area contributed by atoms with E-state index in [0.717, 1.165) is 18.2 Å². The number of rotatable bonds is 6. The van der Waals surface area contributed by atoms with Gasteiger partial charge in [0.2, 0.25) is 10.0 Å². The van der Waals surface area contributed by atoms with E-state index in [0.29, 0.717) is 5.56 Å². The van der Waals surface area contributed by atoms with Gasteiger partial charge in [0.25, 0.3) is 5.91 Å². The summed E-state index contributed by atoms with van der Waals surface area (Å²) in [6.45, 7) is 3.36. The predicted molar refractivity (Wildman–Crippen MR) is 101 cm³/mol. The Kier molecular flexibility index (Phi) is 6.29. The zero-order valence-corrected chi connectivity index (χ0v) is 16.8. The summed E-state index contributed by atoms with van der Waals surface area (Å²) in [6.07, 6.45) is -4.48. The number of alkyl halides is 3. The van der Waals surface area contributed by atoms with Gasteiger partial charge in [-0.15, -0.1) is 0 Å². The molecule has 0 heterocycles.